The number of alkyl halides is 1. The van der Waals surface area contributed by atoms with Crippen LogP contribution in [0.25, 0.3) is 0 Å². The van der Waals surface area contributed by atoms with Crippen molar-refractivity contribution in [2.75, 3.05) is 18.7 Å². The molecule has 0 aliphatic heterocycles. The molecule has 2 nitrogen and oxygen atoms in total. The van der Waals surface area contributed by atoms with E-state index in [4.69, 9.17) is 11.6 Å². The molecule has 0 aromatic rings. The Hall–Kier alpha value is 0.560. The van der Waals surface area contributed by atoms with Gasteiger partial charge in [0, 0.05) is 23.7 Å². The first-order valence-electron chi connectivity index (χ1n) is 2.30. The molecule has 0 rings (SSSR count). The van der Waals surface area contributed by atoms with Crippen LogP contribution < -0.4 is 0 Å². The van der Waals surface area contributed by atoms with E-state index in [-0.39, 0.29) is 0 Å². The van der Waals surface area contributed by atoms with Crippen molar-refractivity contribution in [3.05, 3.63) is 0 Å². The van der Waals surface area contributed by atoms with Crippen LogP contribution in [0.15, 0.2) is 0 Å². The Morgan fingerprint density at radius 2 is 2.38 bits per heavy atom. The van der Waals surface area contributed by atoms with Crippen LogP contribution >= 0.6 is 23.6 Å². The minimum Gasteiger partial charge on any atom is -0.228 e. The molecular weight excluding hydrogens is 148 g/mol. The fraction of sp³-hybridized carbons (Fsp3) is 1.00. The maximum absolute atomic E-state index is 5.37. The second-order valence-corrected chi connectivity index (χ2v) is 2.26. The summed E-state index contributed by atoms with van der Waals surface area (Å²) in [5, 5.41) is 0. The smallest absolute Gasteiger partial charge is 0.0725 e. The van der Waals surface area contributed by atoms with Gasteiger partial charge in [-0.25, -0.2) is 4.89 Å². The number of hydrogen-bond donors (Lipinski definition) is 0. The first-order chi connectivity index (χ1) is 3.91. The van der Waals surface area contributed by atoms with Crippen molar-refractivity contribution in [1.82, 2.24) is 0 Å². The first kappa shape index (κ1) is 8.56. The summed E-state index contributed by atoms with van der Waals surface area (Å²) in [6.07, 6.45) is 0.954. The lowest BCUT2D eigenvalue weighted by Crippen LogP contribution is -1.82. The van der Waals surface area contributed by atoms with Gasteiger partial charge in [0.1, 0.15) is 0 Å². The predicted octanol–water partition coefficient (Wildman–Crippen LogP) is 1.84. The largest absolute Gasteiger partial charge is 0.228 e. The van der Waals surface area contributed by atoms with Gasteiger partial charge in [-0.3, -0.25) is 0 Å². The third-order valence-corrected chi connectivity index (χ3v) is 1.43. The summed E-state index contributed by atoms with van der Waals surface area (Å²) in [6, 6.07) is 0. The number of rotatable bonds is 5. The molecule has 0 unspecified atom stereocenters. The lowest BCUT2D eigenvalue weighted by molar-refractivity contribution is -0.160. The van der Waals surface area contributed by atoms with E-state index in [0.29, 0.717) is 5.88 Å². The second-order valence-electron chi connectivity index (χ2n) is 1.10. The topological polar surface area (TPSA) is 18.5 Å². The lowest BCUT2D eigenvalue weighted by atomic mass is 10.6. The van der Waals surface area contributed by atoms with E-state index in [1.165, 1.54) is 19.2 Å². The molecule has 0 fully saturated rings. The summed E-state index contributed by atoms with van der Waals surface area (Å²) < 4.78 is 4.49. The van der Waals surface area contributed by atoms with E-state index in [1.807, 2.05) is 0 Å². The average Bonchev–Trinajstić information content (AvgIpc) is 1.81. The zero-order valence-corrected chi connectivity index (χ0v) is 6.30. The van der Waals surface area contributed by atoms with Gasteiger partial charge in [-0.1, -0.05) is 0 Å². The van der Waals surface area contributed by atoms with Crippen molar-refractivity contribution >= 4 is 23.6 Å². The fourth-order valence-corrected chi connectivity index (χ4v) is 0.914. The van der Waals surface area contributed by atoms with Crippen LogP contribution in [0.4, 0.5) is 0 Å². The predicted molar refractivity (Wildman–Crippen MR) is 35.9 cm³/mol. The minimum absolute atomic E-state index is 0.681. The molecule has 0 spiro atoms. The molecule has 0 aromatic heterocycles. The molecule has 0 saturated carbocycles. The third-order valence-electron chi connectivity index (χ3n) is 0.477. The summed E-state index contributed by atoms with van der Waals surface area (Å²) in [5.41, 5.74) is 0. The Kier molecular flexibility index (Phi) is 8.09. The summed E-state index contributed by atoms with van der Waals surface area (Å²) in [5.74, 6) is 1.57. The standard InChI is InChI=1S/C4H9ClO2S/c1-6-7-8-4-2-3-5/h2-4H2,1H3. The van der Waals surface area contributed by atoms with Crippen LogP contribution in [0.3, 0.4) is 0 Å². The Labute approximate surface area is 58.6 Å². The molecule has 4 heteroatoms. The van der Waals surface area contributed by atoms with Crippen LogP contribution in [0, 0.1) is 0 Å². The lowest BCUT2D eigenvalue weighted by Gasteiger charge is -1.93. The fourth-order valence-electron chi connectivity index (χ4n) is 0.196. The van der Waals surface area contributed by atoms with Crippen LogP contribution in [-0.4, -0.2) is 18.7 Å². The van der Waals surface area contributed by atoms with E-state index < -0.39 is 0 Å². The highest BCUT2D eigenvalue weighted by atomic mass is 35.5. The molecule has 0 radical (unpaired) electrons. The number of hydrogen-bond acceptors (Lipinski definition) is 3. The molecule has 0 N–H and O–H groups in total. The maximum Gasteiger partial charge on any atom is 0.0725 e. The van der Waals surface area contributed by atoms with Crippen LogP contribution in [0.2, 0.25) is 0 Å². The van der Waals surface area contributed by atoms with E-state index in [9.17, 15) is 0 Å². The maximum atomic E-state index is 5.37. The van der Waals surface area contributed by atoms with Crippen molar-refractivity contribution in [2.45, 2.75) is 6.42 Å². The SMILES string of the molecule is COOSCCCCl. The monoisotopic (exact) mass is 156 g/mol. The molecular formula is C4H9ClO2S. The van der Waals surface area contributed by atoms with Crippen molar-refractivity contribution in [3.8, 4) is 0 Å². The summed E-state index contributed by atoms with van der Waals surface area (Å²) in [6.45, 7) is 0. The number of halogens is 1. The van der Waals surface area contributed by atoms with Gasteiger partial charge in [-0.2, -0.15) is 4.33 Å². The zero-order chi connectivity index (χ0) is 6.24. The van der Waals surface area contributed by atoms with Gasteiger partial charge >= 0.3 is 0 Å². The molecule has 8 heavy (non-hydrogen) atoms. The van der Waals surface area contributed by atoms with E-state index >= 15 is 0 Å². The summed E-state index contributed by atoms with van der Waals surface area (Å²) in [4.78, 5) is 4.31. The first-order valence-corrected chi connectivity index (χ1v) is 3.74. The Morgan fingerprint density at radius 3 is 2.88 bits per heavy atom. The molecule has 0 heterocycles. The van der Waals surface area contributed by atoms with Crippen LogP contribution in [-0.2, 0) is 9.22 Å². The molecule has 50 valence electrons. The van der Waals surface area contributed by atoms with Crippen LogP contribution in [0.5, 0.6) is 0 Å². The normalized spacial score (nSPS) is 9.75. The highest BCUT2D eigenvalue weighted by Gasteiger charge is 1.85. The Balaban J connectivity index is 2.53. The molecule has 0 aliphatic carbocycles. The average molecular weight is 157 g/mol. The zero-order valence-electron chi connectivity index (χ0n) is 4.72. The van der Waals surface area contributed by atoms with E-state index in [0.717, 1.165) is 12.2 Å². The van der Waals surface area contributed by atoms with Gasteiger partial charge in [-0.05, 0) is 6.42 Å². The van der Waals surface area contributed by atoms with Gasteiger partial charge in [-0.15, -0.1) is 11.6 Å². The molecule has 0 bridgehead atoms. The van der Waals surface area contributed by atoms with Crippen molar-refractivity contribution in [3.63, 3.8) is 0 Å². The molecule has 0 saturated heterocycles. The van der Waals surface area contributed by atoms with Gasteiger partial charge in [0.05, 0.1) is 7.11 Å². The Bertz CT molecular complexity index is 39.0. The van der Waals surface area contributed by atoms with Gasteiger partial charge < -0.3 is 0 Å². The molecule has 0 aliphatic rings. The highest BCUT2D eigenvalue weighted by Crippen LogP contribution is 2.03. The van der Waals surface area contributed by atoms with Crippen molar-refractivity contribution < 1.29 is 9.22 Å². The van der Waals surface area contributed by atoms with E-state index in [1.54, 1.807) is 0 Å². The van der Waals surface area contributed by atoms with E-state index in [2.05, 4.69) is 9.22 Å². The van der Waals surface area contributed by atoms with Gasteiger partial charge in [0.15, 0.2) is 0 Å². The van der Waals surface area contributed by atoms with Crippen LogP contribution in [0.1, 0.15) is 6.42 Å². The van der Waals surface area contributed by atoms with Crippen molar-refractivity contribution in [2.24, 2.45) is 0 Å². The summed E-state index contributed by atoms with van der Waals surface area (Å²) in [7, 11) is 1.48. The molecule has 0 atom stereocenters. The molecule has 0 amide bonds. The van der Waals surface area contributed by atoms with Gasteiger partial charge in [0.2, 0.25) is 0 Å². The quantitative estimate of drug-likeness (QED) is 0.199. The molecule has 0 aromatic carbocycles. The summed E-state index contributed by atoms with van der Waals surface area (Å²) >= 11 is 6.64. The second kappa shape index (κ2) is 7.56. The highest BCUT2D eigenvalue weighted by molar-refractivity contribution is 7.94. The third kappa shape index (κ3) is 6.56. The van der Waals surface area contributed by atoms with Gasteiger partial charge in [0.25, 0.3) is 0 Å². The van der Waals surface area contributed by atoms with Crippen molar-refractivity contribution in [1.29, 1.82) is 0 Å². The minimum atomic E-state index is 0.681. The Morgan fingerprint density at radius 1 is 1.62 bits per heavy atom.